The Kier molecular flexibility index (Phi) is 8.28. The minimum atomic E-state index is -0.296. The predicted octanol–water partition coefficient (Wildman–Crippen LogP) is 6.21. The number of carbonyl (C=O) groups is 1. The highest BCUT2D eigenvalue weighted by atomic mass is 16.5. The second-order valence-corrected chi connectivity index (χ2v) is 7.83. The lowest BCUT2D eigenvalue weighted by Gasteiger charge is -2.25. The number of anilines is 1. The monoisotopic (exact) mass is 407 g/mol. The second kappa shape index (κ2) is 10.7. The summed E-state index contributed by atoms with van der Waals surface area (Å²) < 4.78 is 12.0. The summed E-state index contributed by atoms with van der Waals surface area (Å²) >= 11 is 0. The zero-order chi connectivity index (χ0) is 22.1. The van der Waals surface area contributed by atoms with Crippen LogP contribution in [-0.4, -0.2) is 19.0 Å². The summed E-state index contributed by atoms with van der Waals surface area (Å²) in [5, 5.41) is 0. The molecule has 0 aliphatic carbocycles. The summed E-state index contributed by atoms with van der Waals surface area (Å²) in [6.45, 7) is 13.5. The van der Waals surface area contributed by atoms with Crippen LogP contribution in [0.25, 0.3) is 6.08 Å². The molecule has 0 saturated carbocycles. The first-order chi connectivity index (χ1) is 14.3. The summed E-state index contributed by atoms with van der Waals surface area (Å²) in [5.74, 6) is 1.40. The molecule has 0 heterocycles. The number of rotatable bonds is 11. The molecule has 2 rings (SSSR count). The van der Waals surface area contributed by atoms with E-state index in [4.69, 9.17) is 15.2 Å². The molecule has 30 heavy (non-hydrogen) atoms. The Morgan fingerprint density at radius 3 is 2.20 bits per heavy atom. The Labute approximate surface area is 180 Å². The summed E-state index contributed by atoms with van der Waals surface area (Å²) in [7, 11) is 0. The molecule has 2 aromatic rings. The largest absolute Gasteiger partial charge is 0.493 e. The molecule has 0 saturated heterocycles. The maximum atomic E-state index is 12.6. The van der Waals surface area contributed by atoms with E-state index >= 15 is 0 Å². The molecule has 0 unspecified atom stereocenters. The molecular weight excluding hydrogens is 374 g/mol. The van der Waals surface area contributed by atoms with Gasteiger partial charge in [-0.1, -0.05) is 33.8 Å². The molecule has 0 atom stereocenters. The van der Waals surface area contributed by atoms with Crippen molar-refractivity contribution in [3.8, 4) is 11.5 Å². The van der Waals surface area contributed by atoms with Crippen LogP contribution in [-0.2, 0) is 5.41 Å². The second-order valence-electron chi connectivity index (χ2n) is 7.83. The van der Waals surface area contributed by atoms with Crippen molar-refractivity contribution in [3.63, 3.8) is 0 Å². The van der Waals surface area contributed by atoms with Gasteiger partial charge in [-0.2, -0.15) is 0 Å². The van der Waals surface area contributed by atoms with Gasteiger partial charge in [-0.25, -0.2) is 0 Å². The van der Waals surface area contributed by atoms with Crippen molar-refractivity contribution in [3.05, 3.63) is 71.8 Å². The molecule has 0 amide bonds. The van der Waals surface area contributed by atoms with Gasteiger partial charge in [0.25, 0.3) is 0 Å². The van der Waals surface area contributed by atoms with Gasteiger partial charge in [-0.15, -0.1) is 6.58 Å². The molecular formula is C26H33NO3. The van der Waals surface area contributed by atoms with Crippen LogP contribution >= 0.6 is 0 Å². The number of allylic oxidation sites excluding steroid dienone is 2. The van der Waals surface area contributed by atoms with Crippen LogP contribution in [0.3, 0.4) is 0 Å². The van der Waals surface area contributed by atoms with Gasteiger partial charge in [0.2, 0.25) is 0 Å². The minimum absolute atomic E-state index is 0.0905. The van der Waals surface area contributed by atoms with Crippen molar-refractivity contribution < 1.29 is 14.3 Å². The maximum Gasteiger partial charge on any atom is 0.185 e. The molecule has 160 valence electrons. The smallest absolute Gasteiger partial charge is 0.185 e. The molecule has 0 bridgehead atoms. The third-order valence-electron chi connectivity index (χ3n) is 4.85. The van der Waals surface area contributed by atoms with Crippen molar-refractivity contribution in [2.45, 2.75) is 46.0 Å². The molecule has 0 aliphatic heterocycles. The average molecular weight is 408 g/mol. The van der Waals surface area contributed by atoms with Crippen LogP contribution in [0.1, 0.15) is 62.0 Å². The number of nitrogen functional groups attached to an aromatic ring is 1. The van der Waals surface area contributed by atoms with Crippen molar-refractivity contribution in [2.75, 3.05) is 18.9 Å². The van der Waals surface area contributed by atoms with E-state index in [-0.39, 0.29) is 11.2 Å². The molecule has 4 heteroatoms. The molecule has 0 radical (unpaired) electrons. The molecule has 2 N–H and O–H groups in total. The van der Waals surface area contributed by atoms with E-state index in [1.807, 2.05) is 18.2 Å². The zero-order valence-electron chi connectivity index (χ0n) is 18.5. The van der Waals surface area contributed by atoms with E-state index in [0.29, 0.717) is 30.2 Å². The lowest BCUT2D eigenvalue weighted by molar-refractivity contribution is 0.104. The first-order valence-corrected chi connectivity index (χ1v) is 10.5. The van der Waals surface area contributed by atoms with Crippen LogP contribution in [0, 0.1) is 0 Å². The van der Waals surface area contributed by atoms with Gasteiger partial charge in [0, 0.05) is 33.9 Å². The van der Waals surface area contributed by atoms with Crippen molar-refractivity contribution in [1.82, 2.24) is 0 Å². The Morgan fingerprint density at radius 1 is 1.03 bits per heavy atom. The summed E-state index contributed by atoms with van der Waals surface area (Å²) in [5.41, 5.74) is 8.48. The molecule has 2 aromatic carbocycles. The number of benzene rings is 2. The number of ether oxygens (including phenoxy) is 2. The number of ketones is 1. The zero-order valence-corrected chi connectivity index (χ0v) is 18.5. The van der Waals surface area contributed by atoms with E-state index < -0.39 is 0 Å². The number of hydrogen-bond donors (Lipinski definition) is 1. The first kappa shape index (κ1) is 23.3. The lowest BCUT2D eigenvalue weighted by atomic mass is 9.83. The Morgan fingerprint density at radius 2 is 1.63 bits per heavy atom. The molecule has 0 fully saturated rings. The van der Waals surface area contributed by atoms with Gasteiger partial charge in [0.15, 0.2) is 5.78 Å². The fourth-order valence-electron chi connectivity index (χ4n) is 2.90. The third kappa shape index (κ3) is 5.99. The fraction of sp³-hybridized carbons (Fsp3) is 0.346. The number of nitrogens with two attached hydrogens (primary N) is 1. The third-order valence-corrected chi connectivity index (χ3v) is 4.85. The fourth-order valence-corrected chi connectivity index (χ4v) is 2.90. The summed E-state index contributed by atoms with van der Waals surface area (Å²) in [4.78, 5) is 12.6. The predicted molar refractivity (Wildman–Crippen MR) is 125 cm³/mol. The summed E-state index contributed by atoms with van der Waals surface area (Å²) in [6.07, 6.45) is 7.07. The first-order valence-electron chi connectivity index (χ1n) is 10.5. The normalized spacial score (nSPS) is 11.5. The minimum Gasteiger partial charge on any atom is -0.493 e. The molecule has 0 aromatic heterocycles. The van der Waals surface area contributed by atoms with Gasteiger partial charge >= 0.3 is 0 Å². The summed E-state index contributed by atoms with van der Waals surface area (Å²) in [6, 6.07) is 10.9. The number of hydrogen-bond acceptors (Lipinski definition) is 4. The SMILES string of the molecule is C=CC(C)(C)c1cc(/C=C/C(=O)c2ccc(N)cc2)c(OCCC)cc1OCCC. The van der Waals surface area contributed by atoms with E-state index in [9.17, 15) is 4.79 Å². The van der Waals surface area contributed by atoms with Gasteiger partial charge in [0.05, 0.1) is 13.2 Å². The van der Waals surface area contributed by atoms with Gasteiger partial charge in [0.1, 0.15) is 11.5 Å². The molecule has 4 nitrogen and oxygen atoms in total. The standard InChI is InChI=1S/C26H33NO3/c1-6-15-29-24-18-25(30-16-7-2)22(26(4,5)8-3)17-20(24)11-14-23(28)19-9-12-21(27)13-10-19/h8-14,17-18H,3,6-7,15-16,27H2,1-2,4-5H3/b14-11+. The van der Waals surface area contributed by atoms with E-state index in [1.54, 1.807) is 36.4 Å². The molecule has 0 spiro atoms. The van der Waals surface area contributed by atoms with E-state index in [0.717, 1.165) is 29.7 Å². The Balaban J connectivity index is 2.48. The highest BCUT2D eigenvalue weighted by molar-refractivity contribution is 6.07. The highest BCUT2D eigenvalue weighted by Crippen LogP contribution is 2.38. The number of carbonyl (C=O) groups excluding carboxylic acids is 1. The highest BCUT2D eigenvalue weighted by Gasteiger charge is 2.23. The van der Waals surface area contributed by atoms with Crippen LogP contribution in [0.2, 0.25) is 0 Å². The van der Waals surface area contributed by atoms with Crippen LogP contribution < -0.4 is 15.2 Å². The van der Waals surface area contributed by atoms with Crippen molar-refractivity contribution in [1.29, 1.82) is 0 Å². The van der Waals surface area contributed by atoms with Crippen molar-refractivity contribution >= 4 is 17.5 Å². The Bertz CT molecular complexity index is 895. The van der Waals surface area contributed by atoms with Gasteiger partial charge in [-0.3, -0.25) is 4.79 Å². The topological polar surface area (TPSA) is 61.6 Å². The van der Waals surface area contributed by atoms with Crippen LogP contribution in [0.5, 0.6) is 11.5 Å². The van der Waals surface area contributed by atoms with Crippen LogP contribution in [0.15, 0.2) is 55.1 Å². The van der Waals surface area contributed by atoms with Gasteiger partial charge in [-0.05, 0) is 55.3 Å². The van der Waals surface area contributed by atoms with E-state index in [2.05, 4.69) is 34.3 Å². The van der Waals surface area contributed by atoms with Gasteiger partial charge < -0.3 is 15.2 Å². The molecule has 0 aliphatic rings. The maximum absolute atomic E-state index is 12.6. The van der Waals surface area contributed by atoms with E-state index in [1.165, 1.54) is 0 Å². The van der Waals surface area contributed by atoms with Crippen molar-refractivity contribution in [2.24, 2.45) is 0 Å². The Hall–Kier alpha value is -3.01. The quantitative estimate of drug-likeness (QED) is 0.208. The average Bonchev–Trinajstić information content (AvgIpc) is 2.75. The van der Waals surface area contributed by atoms with Crippen LogP contribution in [0.4, 0.5) is 5.69 Å². The lowest BCUT2D eigenvalue weighted by Crippen LogP contribution is -2.16.